The normalized spacial score (nSPS) is 18.8. The number of hydrogen-bond donors (Lipinski definition) is 1. The zero-order chi connectivity index (χ0) is 8.53. The molecule has 1 saturated heterocycles. The second kappa shape index (κ2) is 7.98. The van der Waals surface area contributed by atoms with Gasteiger partial charge in [-0.05, 0) is 14.0 Å². The highest BCUT2D eigenvalue weighted by atomic mass is 16.5. The summed E-state index contributed by atoms with van der Waals surface area (Å²) in [5, 5.41) is 3.27. The van der Waals surface area contributed by atoms with Crippen molar-refractivity contribution in [1.29, 1.82) is 0 Å². The third-order valence-electron chi connectivity index (χ3n) is 1.63. The van der Waals surface area contributed by atoms with E-state index < -0.39 is 0 Å². The molecular formula is C8H20N2O. The smallest absolute Gasteiger partial charge is 0.0433 e. The molecule has 0 unspecified atom stereocenters. The highest BCUT2D eigenvalue weighted by Gasteiger charge is 2.01. The van der Waals surface area contributed by atoms with Crippen LogP contribution in [0.25, 0.3) is 0 Å². The minimum atomic E-state index is 0.819. The molecule has 3 heteroatoms. The molecule has 0 spiro atoms. The van der Waals surface area contributed by atoms with Gasteiger partial charge >= 0.3 is 0 Å². The molecule has 0 radical (unpaired) electrons. The number of hydrogen-bond acceptors (Lipinski definition) is 3. The maximum atomic E-state index is 4.54. The molecule has 0 aromatic carbocycles. The Morgan fingerprint density at radius 1 is 1.36 bits per heavy atom. The molecule has 0 aromatic heterocycles. The van der Waals surface area contributed by atoms with E-state index in [1.807, 2.05) is 6.92 Å². The van der Waals surface area contributed by atoms with Crippen molar-refractivity contribution in [3.8, 4) is 0 Å². The first kappa shape index (κ1) is 10.9. The van der Waals surface area contributed by atoms with Gasteiger partial charge in [0.25, 0.3) is 0 Å². The molecule has 68 valence electrons. The van der Waals surface area contributed by atoms with Crippen LogP contribution < -0.4 is 5.32 Å². The summed E-state index contributed by atoms with van der Waals surface area (Å²) in [7, 11) is 3.83. The van der Waals surface area contributed by atoms with Gasteiger partial charge in [0.1, 0.15) is 0 Å². The van der Waals surface area contributed by atoms with Gasteiger partial charge in [-0.15, -0.1) is 0 Å². The van der Waals surface area contributed by atoms with E-state index in [1.54, 1.807) is 7.11 Å². The second-order valence-electron chi connectivity index (χ2n) is 2.63. The van der Waals surface area contributed by atoms with E-state index in [4.69, 9.17) is 0 Å². The van der Waals surface area contributed by atoms with Gasteiger partial charge < -0.3 is 15.0 Å². The van der Waals surface area contributed by atoms with Crippen molar-refractivity contribution >= 4 is 0 Å². The van der Waals surface area contributed by atoms with Crippen molar-refractivity contribution in [2.45, 2.75) is 6.92 Å². The number of piperazine rings is 1. The zero-order valence-corrected chi connectivity index (χ0v) is 7.89. The van der Waals surface area contributed by atoms with E-state index in [-0.39, 0.29) is 0 Å². The molecule has 0 saturated carbocycles. The third kappa shape index (κ3) is 7.78. The lowest BCUT2D eigenvalue weighted by molar-refractivity contribution is 0.215. The first-order valence-corrected chi connectivity index (χ1v) is 4.19. The summed E-state index contributed by atoms with van der Waals surface area (Å²) in [5.41, 5.74) is 0. The maximum absolute atomic E-state index is 4.54. The first-order valence-electron chi connectivity index (χ1n) is 4.19. The van der Waals surface area contributed by atoms with E-state index in [2.05, 4.69) is 22.0 Å². The molecule has 1 aliphatic rings. The number of nitrogens with one attached hydrogen (secondary N) is 1. The monoisotopic (exact) mass is 160 g/mol. The Kier molecular flexibility index (Phi) is 7.89. The average Bonchev–Trinajstić information content (AvgIpc) is 2.07. The van der Waals surface area contributed by atoms with Gasteiger partial charge in [0.2, 0.25) is 0 Å². The van der Waals surface area contributed by atoms with Crippen LogP contribution in [0.15, 0.2) is 0 Å². The fraction of sp³-hybridized carbons (Fsp3) is 1.00. The molecule has 0 atom stereocenters. The molecule has 11 heavy (non-hydrogen) atoms. The van der Waals surface area contributed by atoms with E-state index in [1.165, 1.54) is 13.1 Å². The van der Waals surface area contributed by atoms with Gasteiger partial charge in [0.15, 0.2) is 0 Å². The summed E-state index contributed by atoms with van der Waals surface area (Å²) in [6.45, 7) is 7.52. The molecular weight excluding hydrogens is 140 g/mol. The van der Waals surface area contributed by atoms with Crippen LogP contribution in [0.1, 0.15) is 6.92 Å². The lowest BCUT2D eigenvalue weighted by Gasteiger charge is -2.21. The first-order chi connectivity index (χ1) is 5.31. The Balaban J connectivity index is 0.000000218. The fourth-order valence-electron chi connectivity index (χ4n) is 0.777. The molecule has 0 aliphatic carbocycles. The molecule has 1 aliphatic heterocycles. The van der Waals surface area contributed by atoms with Crippen LogP contribution in [0.4, 0.5) is 0 Å². The lowest BCUT2D eigenvalue weighted by atomic mass is 10.4. The number of rotatable bonds is 1. The quantitative estimate of drug-likeness (QED) is 0.592. The second-order valence-corrected chi connectivity index (χ2v) is 2.63. The van der Waals surface area contributed by atoms with Crippen molar-refractivity contribution in [3.05, 3.63) is 0 Å². The molecule has 1 rings (SSSR count). The van der Waals surface area contributed by atoms with Crippen molar-refractivity contribution in [2.75, 3.05) is 46.9 Å². The SMILES string of the molecule is CCOC.CN1CCNCC1. The van der Waals surface area contributed by atoms with E-state index >= 15 is 0 Å². The van der Waals surface area contributed by atoms with Gasteiger partial charge in [0.05, 0.1) is 0 Å². The molecule has 0 aromatic rings. The number of methoxy groups -OCH3 is 1. The van der Waals surface area contributed by atoms with E-state index in [0.717, 1.165) is 19.7 Å². The van der Waals surface area contributed by atoms with Gasteiger partial charge in [-0.2, -0.15) is 0 Å². The average molecular weight is 160 g/mol. The standard InChI is InChI=1S/C5H12N2.C3H8O/c1-7-4-2-6-3-5-7;1-3-4-2/h6H,2-5H2,1H3;3H2,1-2H3. The highest BCUT2D eigenvalue weighted by molar-refractivity contribution is 4.62. The summed E-state index contributed by atoms with van der Waals surface area (Å²) in [6.07, 6.45) is 0. The Bertz CT molecular complexity index is 70.5. The zero-order valence-electron chi connectivity index (χ0n) is 7.89. The van der Waals surface area contributed by atoms with Crippen LogP contribution in [-0.2, 0) is 4.74 Å². The minimum absolute atomic E-state index is 0.819. The Hall–Kier alpha value is -0.120. The summed E-state index contributed by atoms with van der Waals surface area (Å²) in [6, 6.07) is 0. The molecule has 0 amide bonds. The van der Waals surface area contributed by atoms with Crippen LogP contribution in [0.3, 0.4) is 0 Å². The topological polar surface area (TPSA) is 24.5 Å². The van der Waals surface area contributed by atoms with E-state index in [0.29, 0.717) is 0 Å². The highest BCUT2D eigenvalue weighted by Crippen LogP contribution is 1.82. The van der Waals surface area contributed by atoms with Gasteiger partial charge in [-0.1, -0.05) is 0 Å². The van der Waals surface area contributed by atoms with Crippen LogP contribution in [0.5, 0.6) is 0 Å². The number of likely N-dealkylation sites (N-methyl/N-ethyl adjacent to an activating group) is 1. The third-order valence-corrected chi connectivity index (χ3v) is 1.63. The summed E-state index contributed by atoms with van der Waals surface area (Å²) >= 11 is 0. The van der Waals surface area contributed by atoms with Crippen LogP contribution >= 0.6 is 0 Å². The predicted octanol–water partition coefficient (Wildman–Crippen LogP) is 0.174. The number of ether oxygens (including phenoxy) is 1. The van der Waals surface area contributed by atoms with Crippen molar-refractivity contribution < 1.29 is 4.74 Å². The van der Waals surface area contributed by atoms with Crippen molar-refractivity contribution in [1.82, 2.24) is 10.2 Å². The minimum Gasteiger partial charge on any atom is -0.385 e. The predicted molar refractivity (Wildman–Crippen MR) is 47.9 cm³/mol. The van der Waals surface area contributed by atoms with Crippen molar-refractivity contribution in [3.63, 3.8) is 0 Å². The Morgan fingerprint density at radius 3 is 2.00 bits per heavy atom. The largest absolute Gasteiger partial charge is 0.385 e. The van der Waals surface area contributed by atoms with Crippen LogP contribution in [0, 0.1) is 0 Å². The van der Waals surface area contributed by atoms with Gasteiger partial charge in [-0.3, -0.25) is 0 Å². The molecule has 1 N–H and O–H groups in total. The molecule has 0 bridgehead atoms. The van der Waals surface area contributed by atoms with Gasteiger partial charge in [-0.25, -0.2) is 0 Å². The molecule has 3 nitrogen and oxygen atoms in total. The summed E-state index contributed by atoms with van der Waals surface area (Å²) in [4.78, 5) is 2.33. The van der Waals surface area contributed by atoms with Crippen LogP contribution in [-0.4, -0.2) is 51.8 Å². The molecule has 1 fully saturated rings. The fourth-order valence-corrected chi connectivity index (χ4v) is 0.777. The Labute approximate surface area is 69.7 Å². The van der Waals surface area contributed by atoms with Crippen LogP contribution in [0.2, 0.25) is 0 Å². The molecule has 1 heterocycles. The summed E-state index contributed by atoms with van der Waals surface area (Å²) in [5.74, 6) is 0. The van der Waals surface area contributed by atoms with Crippen molar-refractivity contribution in [2.24, 2.45) is 0 Å². The number of nitrogens with zero attached hydrogens (tertiary/aromatic N) is 1. The summed E-state index contributed by atoms with van der Waals surface area (Å²) < 4.78 is 4.54. The van der Waals surface area contributed by atoms with E-state index in [9.17, 15) is 0 Å². The van der Waals surface area contributed by atoms with Gasteiger partial charge in [0, 0.05) is 39.9 Å². The lowest BCUT2D eigenvalue weighted by Crippen LogP contribution is -2.40. The maximum Gasteiger partial charge on any atom is 0.0433 e. The Morgan fingerprint density at radius 2 is 1.82 bits per heavy atom.